The number of hydrogen-bond donors (Lipinski definition) is 4. The zero-order valence-electron chi connectivity index (χ0n) is 53.1. The second-order valence-corrected chi connectivity index (χ2v) is 27.8. The molecule has 0 saturated heterocycles. The fraction of sp³-hybridized carbons (Fsp3) is 0.933. The zero-order chi connectivity index (χ0) is 60.0. The standard InChI is InChI=1S/3C16H35O4P.C12H22O3.Ti/c3*1-15(2)11-7-5-9-13-19-21(17,18)20-14-10-6-8-12-16(3)4;1-4-7-14-10-12(6-3,9-13)11-15-8-5-2;/h3*15-16H,5-14H2,1-4H3,(H,17,18);4-5,13H,1-2,6-11H2,3H3;. The van der Waals surface area contributed by atoms with E-state index in [9.17, 15) is 33.5 Å². The van der Waals surface area contributed by atoms with Crippen molar-refractivity contribution in [1.82, 2.24) is 0 Å². The third-order valence-electron chi connectivity index (χ3n) is 12.5. The summed E-state index contributed by atoms with van der Waals surface area (Å²) < 4.78 is 75.4. The van der Waals surface area contributed by atoms with Gasteiger partial charge in [-0.1, -0.05) is 218 Å². The van der Waals surface area contributed by atoms with Gasteiger partial charge in [-0.3, -0.25) is 27.1 Å². The van der Waals surface area contributed by atoms with Crippen molar-refractivity contribution in [2.75, 3.05) is 72.7 Å². The van der Waals surface area contributed by atoms with Crippen molar-refractivity contribution in [2.45, 2.75) is 251 Å². The Bertz CT molecular complexity index is 1210. The molecule has 0 aliphatic rings. The maximum Gasteiger partial charge on any atom is 0.472 e. The van der Waals surface area contributed by atoms with E-state index in [4.69, 9.17) is 36.6 Å². The Morgan fingerprint density at radius 1 is 0.380 bits per heavy atom. The normalized spacial score (nSPS) is 12.1. The maximum atomic E-state index is 11.6. The third kappa shape index (κ3) is 74.5. The van der Waals surface area contributed by atoms with E-state index in [1.165, 1.54) is 38.5 Å². The summed E-state index contributed by atoms with van der Waals surface area (Å²) in [5, 5.41) is 9.36. The zero-order valence-corrected chi connectivity index (χ0v) is 57.4. The van der Waals surface area contributed by atoms with Crippen LogP contribution in [0, 0.1) is 40.9 Å². The second-order valence-electron chi connectivity index (χ2n) is 23.5. The van der Waals surface area contributed by atoms with Gasteiger partial charge in [-0.25, -0.2) is 13.7 Å². The van der Waals surface area contributed by atoms with E-state index in [0.29, 0.717) is 102 Å². The molecule has 0 aromatic heterocycles. The predicted molar refractivity (Wildman–Crippen MR) is 327 cm³/mol. The summed E-state index contributed by atoms with van der Waals surface area (Å²) >= 11 is 0. The summed E-state index contributed by atoms with van der Waals surface area (Å²) in [6.07, 6.45) is 29.4. The van der Waals surface area contributed by atoms with Crippen molar-refractivity contribution in [3.63, 3.8) is 0 Å². The average Bonchev–Trinajstić information content (AvgIpc) is 3.35. The molecule has 15 nitrogen and oxygen atoms in total. The van der Waals surface area contributed by atoms with Crippen LogP contribution in [-0.2, 0) is 72.0 Å². The Hall–Kier alpha value is 0.404. The Morgan fingerprint density at radius 3 is 0.709 bits per heavy atom. The number of hydrogen-bond acceptors (Lipinski definition) is 12. The van der Waals surface area contributed by atoms with Gasteiger partial charge in [0.05, 0.1) is 72.7 Å². The predicted octanol–water partition coefficient (Wildman–Crippen LogP) is 18.4. The summed E-state index contributed by atoms with van der Waals surface area (Å²) in [6.45, 7) is 39.5. The monoisotopic (exact) mass is 1230 g/mol. The van der Waals surface area contributed by atoms with Crippen LogP contribution in [0.1, 0.15) is 251 Å². The van der Waals surface area contributed by atoms with E-state index in [2.05, 4.69) is 96.2 Å². The molecule has 0 aliphatic carbocycles. The molecule has 0 bridgehead atoms. The topological polar surface area (TPSA) is 206 Å². The molecule has 19 heteroatoms. The first-order valence-electron chi connectivity index (χ1n) is 30.6. The van der Waals surface area contributed by atoms with Gasteiger partial charge in [0.2, 0.25) is 0 Å². The van der Waals surface area contributed by atoms with E-state index < -0.39 is 23.5 Å². The molecule has 0 atom stereocenters. The van der Waals surface area contributed by atoms with Crippen LogP contribution >= 0.6 is 23.5 Å². The molecule has 0 aromatic carbocycles. The van der Waals surface area contributed by atoms with Crippen molar-refractivity contribution >= 4 is 23.5 Å². The summed E-state index contributed by atoms with van der Waals surface area (Å²) in [5.41, 5.74) is -0.300. The number of rotatable bonds is 52. The number of phosphoric ester groups is 3. The van der Waals surface area contributed by atoms with Crippen LogP contribution in [0.3, 0.4) is 0 Å². The first-order chi connectivity index (χ1) is 36.7. The SMILES string of the molecule is C=CCOCC(CC)(CO)COCC=C.CC(C)CCCCCOP(=O)(O)OCCCCCC(C)C.CC(C)CCCCCOP(=O)(O)OCCCCCC(C)C.CC(C)CCCCCOP(=O)(O)OCCCCCC(C)C.[Ti]. The molecule has 0 spiro atoms. The maximum absolute atomic E-state index is 11.6. The van der Waals surface area contributed by atoms with Gasteiger partial charge in [0, 0.05) is 27.1 Å². The van der Waals surface area contributed by atoms with Gasteiger partial charge >= 0.3 is 23.5 Å². The Kier molecular flexibility index (Phi) is 67.1. The quantitative estimate of drug-likeness (QED) is 0.0193. The molecule has 0 heterocycles. The molecule has 79 heavy (non-hydrogen) atoms. The fourth-order valence-electron chi connectivity index (χ4n) is 7.35. The van der Waals surface area contributed by atoms with E-state index in [-0.39, 0.29) is 33.7 Å². The molecule has 4 N–H and O–H groups in total. The molecule has 0 aliphatic heterocycles. The van der Waals surface area contributed by atoms with Crippen LogP contribution in [-0.4, -0.2) is 92.5 Å². The van der Waals surface area contributed by atoms with Crippen LogP contribution in [0.4, 0.5) is 0 Å². The largest absolute Gasteiger partial charge is 0.472 e. The van der Waals surface area contributed by atoms with Gasteiger partial charge < -0.3 is 29.3 Å². The van der Waals surface area contributed by atoms with Gasteiger partial charge in [0.25, 0.3) is 0 Å². The molecule has 0 aromatic rings. The number of unbranched alkanes of at least 4 members (excludes halogenated alkanes) is 12. The smallest absolute Gasteiger partial charge is 0.396 e. The molecular formula is C60H127O15P3Ti. The van der Waals surface area contributed by atoms with Crippen LogP contribution in [0.25, 0.3) is 0 Å². The van der Waals surface area contributed by atoms with Gasteiger partial charge in [0.1, 0.15) is 0 Å². The van der Waals surface area contributed by atoms with E-state index >= 15 is 0 Å². The summed E-state index contributed by atoms with van der Waals surface area (Å²) in [5.74, 6) is 4.30. The van der Waals surface area contributed by atoms with Crippen LogP contribution < -0.4 is 0 Å². The molecule has 0 amide bonds. The van der Waals surface area contributed by atoms with Crippen molar-refractivity contribution in [3.05, 3.63) is 25.3 Å². The summed E-state index contributed by atoms with van der Waals surface area (Å²) in [4.78, 5) is 28.5. The average molecular weight is 1230 g/mol. The van der Waals surface area contributed by atoms with Crippen LogP contribution in [0.5, 0.6) is 0 Å². The van der Waals surface area contributed by atoms with Crippen molar-refractivity contribution < 1.29 is 91.8 Å². The molecule has 476 valence electrons. The number of ether oxygens (including phenoxy) is 2. The molecule has 0 fully saturated rings. The minimum absolute atomic E-state index is 0. The van der Waals surface area contributed by atoms with Crippen molar-refractivity contribution in [1.29, 1.82) is 0 Å². The fourth-order valence-corrected chi connectivity index (χ4v) is 9.73. The van der Waals surface area contributed by atoms with Gasteiger partial charge in [-0.15, -0.1) is 13.2 Å². The van der Waals surface area contributed by atoms with Crippen LogP contribution in [0.15, 0.2) is 25.3 Å². The third-order valence-corrected chi connectivity index (χ3v) is 15.5. The first kappa shape index (κ1) is 88.2. The molecular weight excluding hydrogens is 1100 g/mol. The molecule has 0 unspecified atom stereocenters. The minimum atomic E-state index is -3.83. The second kappa shape index (κ2) is 60.1. The molecule has 0 rings (SSSR count). The summed E-state index contributed by atoms with van der Waals surface area (Å²) in [7, 11) is -11.5. The molecule has 0 saturated carbocycles. The number of aliphatic hydroxyl groups is 1. The first-order valence-corrected chi connectivity index (χ1v) is 35.1. The summed E-state index contributed by atoms with van der Waals surface area (Å²) in [6, 6.07) is 0. The van der Waals surface area contributed by atoms with Gasteiger partial charge in [0.15, 0.2) is 0 Å². The van der Waals surface area contributed by atoms with Crippen molar-refractivity contribution in [2.24, 2.45) is 40.9 Å². The number of phosphoric acid groups is 3. The Balaban J connectivity index is -0.000000309. The number of aliphatic hydroxyl groups excluding tert-OH is 1. The van der Waals surface area contributed by atoms with E-state index in [1.54, 1.807) is 12.2 Å². The van der Waals surface area contributed by atoms with Crippen LogP contribution in [0.2, 0.25) is 0 Å². The minimum Gasteiger partial charge on any atom is -0.396 e. The van der Waals surface area contributed by atoms with E-state index in [1.807, 2.05) is 6.92 Å². The molecule has 0 radical (unpaired) electrons. The van der Waals surface area contributed by atoms with E-state index in [0.717, 1.165) is 122 Å². The Labute approximate surface area is 502 Å². The van der Waals surface area contributed by atoms with Gasteiger partial charge in [-0.05, 0) is 80.5 Å². The van der Waals surface area contributed by atoms with Gasteiger partial charge in [-0.2, -0.15) is 0 Å². The van der Waals surface area contributed by atoms with Crippen molar-refractivity contribution in [3.8, 4) is 0 Å². The Morgan fingerprint density at radius 2 is 0.570 bits per heavy atom.